The Morgan fingerprint density at radius 2 is 1.67 bits per heavy atom. The average molecular weight is 492 g/mol. The number of carbonyl (C=O) groups is 1. The summed E-state index contributed by atoms with van der Waals surface area (Å²) >= 11 is 1.31. The highest BCUT2D eigenvalue weighted by Crippen LogP contribution is 2.32. The molecular formula is C28H21N5O2S. The fourth-order valence-electron chi connectivity index (χ4n) is 4.58. The number of allylic oxidation sites excluding steroid dienone is 1. The number of para-hydroxylation sites is 2. The molecular weight excluding hydrogens is 470 g/mol. The van der Waals surface area contributed by atoms with Crippen molar-refractivity contribution in [3.05, 3.63) is 107 Å². The van der Waals surface area contributed by atoms with E-state index in [0.29, 0.717) is 33.9 Å². The number of aromatic amines is 1. The Bertz CT molecular complexity index is 1830. The van der Waals surface area contributed by atoms with Crippen LogP contribution in [-0.4, -0.2) is 35.7 Å². The molecule has 0 unspecified atom stereocenters. The molecule has 176 valence electrons. The molecule has 6 rings (SSSR count). The Hall–Kier alpha value is -4.43. The smallest absolute Gasteiger partial charge is 0.263 e. The zero-order valence-electron chi connectivity index (χ0n) is 19.2. The molecule has 0 aliphatic rings. The van der Waals surface area contributed by atoms with E-state index >= 15 is 0 Å². The van der Waals surface area contributed by atoms with E-state index < -0.39 is 0 Å². The summed E-state index contributed by atoms with van der Waals surface area (Å²) < 4.78 is 3.38. The second-order valence-corrected chi connectivity index (χ2v) is 9.28. The lowest BCUT2D eigenvalue weighted by Crippen LogP contribution is -2.22. The highest BCUT2D eigenvalue weighted by atomic mass is 32.2. The monoisotopic (exact) mass is 491 g/mol. The molecule has 3 aromatic carbocycles. The Morgan fingerprint density at radius 1 is 0.944 bits per heavy atom. The van der Waals surface area contributed by atoms with E-state index in [1.807, 2.05) is 77.2 Å². The van der Waals surface area contributed by atoms with Crippen LogP contribution in [0, 0.1) is 0 Å². The van der Waals surface area contributed by atoms with Crippen LogP contribution in [0.25, 0.3) is 38.8 Å². The molecule has 0 saturated carbocycles. The van der Waals surface area contributed by atoms with Crippen LogP contribution in [0.3, 0.4) is 0 Å². The van der Waals surface area contributed by atoms with E-state index in [4.69, 9.17) is 0 Å². The van der Waals surface area contributed by atoms with E-state index in [1.165, 1.54) is 11.8 Å². The van der Waals surface area contributed by atoms with E-state index in [-0.39, 0.29) is 17.1 Å². The van der Waals surface area contributed by atoms with Crippen molar-refractivity contribution < 1.29 is 4.79 Å². The van der Waals surface area contributed by atoms with Gasteiger partial charge >= 0.3 is 0 Å². The molecule has 0 fully saturated rings. The van der Waals surface area contributed by atoms with Gasteiger partial charge in [-0.1, -0.05) is 78.5 Å². The molecule has 1 N–H and O–H groups in total. The summed E-state index contributed by atoms with van der Waals surface area (Å²) in [5.41, 5.74) is 3.89. The number of ketones is 1. The Kier molecular flexibility index (Phi) is 5.50. The lowest BCUT2D eigenvalue weighted by atomic mass is 10.0. The van der Waals surface area contributed by atoms with Crippen LogP contribution in [0.2, 0.25) is 0 Å². The van der Waals surface area contributed by atoms with Crippen molar-refractivity contribution in [2.24, 2.45) is 0 Å². The number of nitrogens with one attached hydrogen (secondary N) is 1. The number of Topliss-reactive ketones (excluding diaryl/α,β-unsaturated/α-hetero) is 1. The van der Waals surface area contributed by atoms with E-state index in [9.17, 15) is 9.59 Å². The molecule has 0 amide bonds. The number of fused-ring (bicyclic) bond motifs is 4. The number of H-pyrrole nitrogens is 1. The third kappa shape index (κ3) is 3.54. The van der Waals surface area contributed by atoms with Gasteiger partial charge in [0, 0.05) is 17.4 Å². The summed E-state index contributed by atoms with van der Waals surface area (Å²) in [6, 6.07) is 25.0. The van der Waals surface area contributed by atoms with Gasteiger partial charge < -0.3 is 4.98 Å². The molecule has 0 spiro atoms. The molecule has 6 aromatic rings. The molecule has 0 radical (unpaired) electrons. The van der Waals surface area contributed by atoms with Crippen LogP contribution >= 0.6 is 11.8 Å². The lowest BCUT2D eigenvalue weighted by Gasteiger charge is -2.09. The van der Waals surface area contributed by atoms with Crippen molar-refractivity contribution in [2.75, 3.05) is 5.75 Å². The zero-order chi connectivity index (χ0) is 24.6. The van der Waals surface area contributed by atoms with Gasteiger partial charge in [-0.2, -0.15) is 0 Å². The Labute approximate surface area is 210 Å². The maximum atomic E-state index is 13.7. The van der Waals surface area contributed by atoms with Crippen molar-refractivity contribution in [3.8, 4) is 11.3 Å². The number of hydrogen-bond acceptors (Lipinski definition) is 5. The summed E-state index contributed by atoms with van der Waals surface area (Å²) in [7, 11) is 0. The van der Waals surface area contributed by atoms with Crippen LogP contribution in [0.1, 0.15) is 10.4 Å². The van der Waals surface area contributed by atoms with Crippen LogP contribution in [0.4, 0.5) is 0 Å². The van der Waals surface area contributed by atoms with Gasteiger partial charge in [-0.15, -0.1) is 16.8 Å². The van der Waals surface area contributed by atoms with Gasteiger partial charge in [0.15, 0.2) is 10.9 Å². The highest BCUT2D eigenvalue weighted by molar-refractivity contribution is 7.99. The highest BCUT2D eigenvalue weighted by Gasteiger charge is 2.22. The number of benzene rings is 3. The summed E-state index contributed by atoms with van der Waals surface area (Å²) in [4.78, 5) is 30.1. The van der Waals surface area contributed by atoms with E-state index in [0.717, 1.165) is 22.2 Å². The molecule has 3 heterocycles. The first-order valence-corrected chi connectivity index (χ1v) is 12.5. The van der Waals surface area contributed by atoms with Gasteiger partial charge in [-0.05, 0) is 23.8 Å². The molecule has 3 aromatic heterocycles. The number of thioether (sulfide) groups is 1. The molecule has 0 atom stereocenters. The molecule has 0 bridgehead atoms. The van der Waals surface area contributed by atoms with Crippen LogP contribution in [0.5, 0.6) is 0 Å². The average Bonchev–Trinajstić information content (AvgIpc) is 3.52. The van der Waals surface area contributed by atoms with Crippen LogP contribution in [0.15, 0.2) is 101 Å². The number of hydrogen-bond donors (Lipinski definition) is 1. The van der Waals surface area contributed by atoms with Crippen molar-refractivity contribution in [3.63, 3.8) is 0 Å². The summed E-state index contributed by atoms with van der Waals surface area (Å²) in [6.45, 7) is 4.08. The molecule has 7 nitrogen and oxygen atoms in total. The second-order valence-electron chi connectivity index (χ2n) is 8.34. The van der Waals surface area contributed by atoms with Crippen molar-refractivity contribution in [1.82, 2.24) is 24.1 Å². The maximum Gasteiger partial charge on any atom is 0.263 e. The lowest BCUT2D eigenvalue weighted by molar-refractivity contribution is 0.102. The maximum absolute atomic E-state index is 13.7. The summed E-state index contributed by atoms with van der Waals surface area (Å²) in [5.74, 6) is 0.569. The largest absolute Gasteiger partial charge is 0.354 e. The van der Waals surface area contributed by atoms with Gasteiger partial charge in [0.25, 0.3) is 5.56 Å². The van der Waals surface area contributed by atoms with Crippen molar-refractivity contribution in [2.45, 2.75) is 11.7 Å². The third-order valence-corrected chi connectivity index (χ3v) is 7.10. The molecule has 0 aliphatic carbocycles. The first-order chi connectivity index (χ1) is 17.7. The van der Waals surface area contributed by atoms with Gasteiger partial charge in [-0.3, -0.25) is 18.6 Å². The minimum absolute atomic E-state index is 0.0169. The summed E-state index contributed by atoms with van der Waals surface area (Å²) in [6.07, 6.45) is 1.66. The fourth-order valence-corrected chi connectivity index (χ4v) is 5.39. The minimum atomic E-state index is -0.149. The van der Waals surface area contributed by atoms with Gasteiger partial charge in [0.1, 0.15) is 0 Å². The van der Waals surface area contributed by atoms with Crippen molar-refractivity contribution >= 4 is 45.1 Å². The topological polar surface area (TPSA) is 85.0 Å². The fraction of sp³-hybridized carbons (Fsp3) is 0.0714. The Morgan fingerprint density at radius 3 is 2.47 bits per heavy atom. The number of carbonyl (C=O) groups excluding carboxylic acids is 1. The minimum Gasteiger partial charge on any atom is -0.354 e. The first-order valence-electron chi connectivity index (χ1n) is 11.5. The standard InChI is InChI=1S/C28H21N5O2S/c1-2-16-32-26(35)20-13-7-9-15-22(20)33-27(32)30-31-28(33)36-17-23(34)24-19-12-6-8-14-21(19)29-25(24)18-10-4-3-5-11-18/h2-15,29H,1,16-17H2. The third-order valence-electron chi connectivity index (χ3n) is 6.17. The van der Waals surface area contributed by atoms with Gasteiger partial charge in [0.05, 0.1) is 27.9 Å². The molecule has 8 heteroatoms. The number of aromatic nitrogens is 5. The van der Waals surface area contributed by atoms with Crippen LogP contribution < -0.4 is 5.56 Å². The number of nitrogens with zero attached hydrogens (tertiary/aromatic N) is 4. The number of rotatable bonds is 7. The second kappa shape index (κ2) is 8.98. The SMILES string of the molecule is C=CCn1c(=O)c2ccccc2n2c(SCC(=O)c3c(-c4ccccc4)[nH]c4ccccc34)nnc12. The molecule has 0 aliphatic heterocycles. The first kappa shape index (κ1) is 22.1. The van der Waals surface area contributed by atoms with Gasteiger partial charge in [-0.25, -0.2) is 0 Å². The van der Waals surface area contributed by atoms with Gasteiger partial charge in [0.2, 0.25) is 5.78 Å². The molecule has 36 heavy (non-hydrogen) atoms. The van der Waals surface area contributed by atoms with Crippen molar-refractivity contribution in [1.29, 1.82) is 0 Å². The molecule has 0 saturated heterocycles. The summed E-state index contributed by atoms with van der Waals surface area (Å²) in [5, 5.41) is 10.6. The zero-order valence-corrected chi connectivity index (χ0v) is 20.0. The Balaban J connectivity index is 1.43. The predicted molar refractivity (Wildman–Crippen MR) is 144 cm³/mol. The van der Waals surface area contributed by atoms with E-state index in [2.05, 4.69) is 21.8 Å². The predicted octanol–water partition coefficient (Wildman–Crippen LogP) is 5.35. The quantitative estimate of drug-likeness (QED) is 0.185. The van der Waals surface area contributed by atoms with E-state index in [1.54, 1.807) is 16.7 Å². The normalized spacial score (nSPS) is 11.4. The van der Waals surface area contributed by atoms with Crippen LogP contribution in [-0.2, 0) is 6.54 Å².